The molecular formula is C12H15NO3. The highest BCUT2D eigenvalue weighted by Gasteiger charge is 2.22. The zero-order valence-corrected chi connectivity index (χ0v) is 9.26. The Morgan fingerprint density at radius 3 is 2.94 bits per heavy atom. The van der Waals surface area contributed by atoms with Gasteiger partial charge >= 0.3 is 5.97 Å². The molecule has 0 bridgehead atoms. The minimum Gasteiger partial charge on any atom is -0.465 e. The summed E-state index contributed by atoms with van der Waals surface area (Å²) in [6.07, 6.45) is 3.21. The Morgan fingerprint density at radius 2 is 2.38 bits per heavy atom. The number of hydrogen-bond donors (Lipinski definition) is 0. The summed E-state index contributed by atoms with van der Waals surface area (Å²) in [4.78, 5) is 26.1. The van der Waals surface area contributed by atoms with E-state index in [4.69, 9.17) is 4.74 Å². The molecule has 16 heavy (non-hydrogen) atoms. The first-order valence-corrected chi connectivity index (χ1v) is 5.30. The van der Waals surface area contributed by atoms with Crippen molar-refractivity contribution in [3.8, 4) is 0 Å². The van der Waals surface area contributed by atoms with Crippen LogP contribution in [0.1, 0.15) is 31.4 Å². The summed E-state index contributed by atoms with van der Waals surface area (Å²) in [7, 11) is 0. The van der Waals surface area contributed by atoms with Crippen molar-refractivity contribution in [3.63, 3.8) is 0 Å². The van der Waals surface area contributed by atoms with Crippen LogP contribution in [-0.4, -0.2) is 23.8 Å². The molecule has 0 spiro atoms. The van der Waals surface area contributed by atoms with E-state index in [-0.39, 0.29) is 5.97 Å². The standard InChI is InChI=1S/C12H15NO3/c1-2-16-12(15)10(6-5-9-14)11-7-3-4-8-13-11/h3-4,7-10H,2,5-6H2,1H3. The van der Waals surface area contributed by atoms with Gasteiger partial charge in [0.25, 0.3) is 0 Å². The molecule has 4 nitrogen and oxygen atoms in total. The molecule has 1 heterocycles. The maximum absolute atomic E-state index is 11.7. The van der Waals surface area contributed by atoms with Crippen molar-refractivity contribution in [1.82, 2.24) is 4.98 Å². The van der Waals surface area contributed by atoms with Gasteiger partial charge in [0.1, 0.15) is 6.29 Å². The van der Waals surface area contributed by atoms with Crippen LogP contribution in [0.3, 0.4) is 0 Å². The number of aldehydes is 1. The molecule has 0 aliphatic heterocycles. The van der Waals surface area contributed by atoms with Gasteiger partial charge < -0.3 is 9.53 Å². The highest BCUT2D eigenvalue weighted by molar-refractivity contribution is 5.77. The van der Waals surface area contributed by atoms with E-state index in [2.05, 4.69) is 4.98 Å². The third-order valence-electron chi connectivity index (χ3n) is 2.19. The zero-order chi connectivity index (χ0) is 11.8. The normalized spacial score (nSPS) is 11.8. The molecule has 0 saturated heterocycles. The van der Waals surface area contributed by atoms with E-state index in [1.54, 1.807) is 25.3 Å². The molecule has 0 aliphatic rings. The van der Waals surface area contributed by atoms with Gasteiger partial charge in [0.2, 0.25) is 0 Å². The third-order valence-corrected chi connectivity index (χ3v) is 2.19. The van der Waals surface area contributed by atoms with Crippen molar-refractivity contribution in [2.45, 2.75) is 25.7 Å². The molecule has 4 heteroatoms. The number of rotatable bonds is 6. The molecule has 1 unspecified atom stereocenters. The molecule has 1 aromatic heterocycles. The largest absolute Gasteiger partial charge is 0.465 e. The van der Waals surface area contributed by atoms with Gasteiger partial charge in [-0.25, -0.2) is 0 Å². The number of nitrogens with zero attached hydrogens (tertiary/aromatic N) is 1. The van der Waals surface area contributed by atoms with Gasteiger partial charge in [-0.3, -0.25) is 9.78 Å². The fourth-order valence-electron chi connectivity index (χ4n) is 1.45. The van der Waals surface area contributed by atoms with Crippen LogP contribution in [-0.2, 0) is 14.3 Å². The minimum atomic E-state index is -0.439. The average Bonchev–Trinajstić information content (AvgIpc) is 2.31. The van der Waals surface area contributed by atoms with Gasteiger partial charge in [0.05, 0.1) is 18.2 Å². The van der Waals surface area contributed by atoms with Crippen LogP contribution in [0.2, 0.25) is 0 Å². The number of hydrogen-bond acceptors (Lipinski definition) is 4. The second-order valence-corrected chi connectivity index (χ2v) is 3.30. The third kappa shape index (κ3) is 3.46. The predicted octanol–water partition coefficient (Wildman–Crippen LogP) is 1.71. The van der Waals surface area contributed by atoms with E-state index in [0.29, 0.717) is 25.1 Å². The van der Waals surface area contributed by atoms with E-state index < -0.39 is 5.92 Å². The molecule has 0 aromatic carbocycles. The first-order chi connectivity index (χ1) is 7.79. The molecule has 0 amide bonds. The monoisotopic (exact) mass is 221 g/mol. The van der Waals surface area contributed by atoms with Gasteiger partial charge in [-0.2, -0.15) is 0 Å². The lowest BCUT2D eigenvalue weighted by atomic mass is 9.99. The summed E-state index contributed by atoms with van der Waals surface area (Å²) < 4.78 is 4.96. The second-order valence-electron chi connectivity index (χ2n) is 3.30. The summed E-state index contributed by atoms with van der Waals surface area (Å²) >= 11 is 0. The smallest absolute Gasteiger partial charge is 0.315 e. The van der Waals surface area contributed by atoms with E-state index in [1.807, 2.05) is 6.07 Å². The highest BCUT2D eigenvalue weighted by atomic mass is 16.5. The summed E-state index contributed by atoms with van der Waals surface area (Å²) in [5, 5.41) is 0. The van der Waals surface area contributed by atoms with Crippen LogP contribution in [0.15, 0.2) is 24.4 Å². The first kappa shape index (κ1) is 12.4. The van der Waals surface area contributed by atoms with Crippen molar-refractivity contribution >= 4 is 12.3 Å². The quantitative estimate of drug-likeness (QED) is 0.542. The second kappa shape index (κ2) is 6.71. The molecule has 1 atom stereocenters. The Balaban J connectivity index is 2.78. The molecule has 1 aromatic rings. The summed E-state index contributed by atoms with van der Waals surface area (Å²) in [6, 6.07) is 5.37. The summed E-state index contributed by atoms with van der Waals surface area (Å²) in [6.45, 7) is 2.09. The lowest BCUT2D eigenvalue weighted by Gasteiger charge is -2.13. The molecule has 0 fully saturated rings. The fourth-order valence-corrected chi connectivity index (χ4v) is 1.45. The number of carbonyl (C=O) groups is 2. The van der Waals surface area contributed by atoms with Crippen LogP contribution in [0, 0.1) is 0 Å². The lowest BCUT2D eigenvalue weighted by molar-refractivity contribution is -0.145. The highest BCUT2D eigenvalue weighted by Crippen LogP contribution is 2.20. The van der Waals surface area contributed by atoms with E-state index in [9.17, 15) is 9.59 Å². The zero-order valence-electron chi connectivity index (χ0n) is 9.26. The van der Waals surface area contributed by atoms with Gasteiger partial charge in [-0.15, -0.1) is 0 Å². The first-order valence-electron chi connectivity index (χ1n) is 5.30. The molecule has 86 valence electrons. The van der Waals surface area contributed by atoms with Crippen molar-refractivity contribution in [3.05, 3.63) is 30.1 Å². The maximum Gasteiger partial charge on any atom is 0.315 e. The van der Waals surface area contributed by atoms with Gasteiger partial charge in [-0.05, 0) is 25.5 Å². The molecule has 0 aliphatic carbocycles. The van der Waals surface area contributed by atoms with Crippen molar-refractivity contribution < 1.29 is 14.3 Å². The summed E-state index contributed by atoms with van der Waals surface area (Å²) in [5.74, 6) is -0.755. The average molecular weight is 221 g/mol. The van der Waals surface area contributed by atoms with Gasteiger partial charge in [-0.1, -0.05) is 6.07 Å². The van der Waals surface area contributed by atoms with Crippen LogP contribution in [0.4, 0.5) is 0 Å². The van der Waals surface area contributed by atoms with Crippen LogP contribution >= 0.6 is 0 Å². The Morgan fingerprint density at radius 1 is 1.56 bits per heavy atom. The SMILES string of the molecule is CCOC(=O)C(CCC=O)c1ccccn1. The van der Waals surface area contributed by atoms with Crippen molar-refractivity contribution in [1.29, 1.82) is 0 Å². The number of pyridine rings is 1. The summed E-state index contributed by atoms with van der Waals surface area (Å²) in [5.41, 5.74) is 0.655. The lowest BCUT2D eigenvalue weighted by Crippen LogP contribution is -2.17. The van der Waals surface area contributed by atoms with E-state index in [1.165, 1.54) is 0 Å². The Kier molecular flexibility index (Phi) is 5.19. The molecule has 0 N–H and O–H groups in total. The Bertz CT molecular complexity index is 337. The molecular weight excluding hydrogens is 206 g/mol. The van der Waals surface area contributed by atoms with Gasteiger partial charge in [0.15, 0.2) is 0 Å². The van der Waals surface area contributed by atoms with Crippen LogP contribution in [0.25, 0.3) is 0 Å². The number of carbonyl (C=O) groups excluding carboxylic acids is 2. The van der Waals surface area contributed by atoms with Crippen molar-refractivity contribution in [2.75, 3.05) is 6.61 Å². The molecule has 1 rings (SSSR count). The predicted molar refractivity (Wildman–Crippen MR) is 58.9 cm³/mol. The van der Waals surface area contributed by atoms with Gasteiger partial charge in [0, 0.05) is 12.6 Å². The molecule has 0 saturated carbocycles. The van der Waals surface area contributed by atoms with E-state index >= 15 is 0 Å². The number of aromatic nitrogens is 1. The Labute approximate surface area is 94.6 Å². The van der Waals surface area contributed by atoms with E-state index in [0.717, 1.165) is 6.29 Å². The Hall–Kier alpha value is -1.71. The maximum atomic E-state index is 11.7. The van der Waals surface area contributed by atoms with Crippen LogP contribution in [0.5, 0.6) is 0 Å². The molecule has 0 radical (unpaired) electrons. The topological polar surface area (TPSA) is 56.3 Å². The fraction of sp³-hybridized carbons (Fsp3) is 0.417. The number of esters is 1. The van der Waals surface area contributed by atoms with Crippen LogP contribution < -0.4 is 0 Å². The van der Waals surface area contributed by atoms with Crippen molar-refractivity contribution in [2.24, 2.45) is 0 Å². The minimum absolute atomic E-state index is 0.317. The number of ether oxygens (including phenoxy) is 1.